The Balaban J connectivity index is 1.77. The molecule has 0 fully saturated rings. The maximum Gasteiger partial charge on any atom is 0.305 e. The topological polar surface area (TPSA) is 95.9 Å². The molecular weight excluding hydrogens is 432 g/mol. The van der Waals surface area contributed by atoms with Crippen LogP contribution >= 0.6 is 0 Å². The summed E-state index contributed by atoms with van der Waals surface area (Å²) in [5.41, 5.74) is 1.91. The van der Waals surface area contributed by atoms with E-state index in [9.17, 15) is 19.5 Å². The van der Waals surface area contributed by atoms with Crippen molar-refractivity contribution in [2.45, 2.75) is 77.9 Å². The normalized spacial score (nSPS) is 24.7. The number of aliphatic hydroxyl groups excluding tert-OH is 1. The summed E-state index contributed by atoms with van der Waals surface area (Å²) in [7, 11) is 0. The molecule has 3 atom stereocenters. The van der Waals surface area contributed by atoms with E-state index in [0.717, 1.165) is 17.5 Å². The van der Waals surface area contributed by atoms with Crippen molar-refractivity contribution in [1.82, 2.24) is 10.2 Å². The molecule has 0 radical (unpaired) electrons. The van der Waals surface area contributed by atoms with Crippen LogP contribution in [-0.2, 0) is 32.1 Å². The van der Waals surface area contributed by atoms with Crippen LogP contribution in [0.15, 0.2) is 36.4 Å². The summed E-state index contributed by atoms with van der Waals surface area (Å²) >= 11 is 0. The van der Waals surface area contributed by atoms with Gasteiger partial charge in [-0.05, 0) is 42.2 Å². The van der Waals surface area contributed by atoms with Crippen molar-refractivity contribution >= 4 is 17.8 Å². The Bertz CT molecular complexity index is 905. The van der Waals surface area contributed by atoms with Gasteiger partial charge in [0.05, 0.1) is 24.6 Å². The van der Waals surface area contributed by atoms with E-state index in [1.54, 1.807) is 4.90 Å². The SMILES string of the molecule is CC(C)(C)[C@H]1COC(=O)CCCC=CC[C@H](CC(=O)N2Cc3ccccc3C[C@H]2CO)C(=O)N1. The Hall–Kier alpha value is -2.67. The molecule has 186 valence electrons. The van der Waals surface area contributed by atoms with Gasteiger partial charge >= 0.3 is 5.97 Å². The van der Waals surface area contributed by atoms with Gasteiger partial charge in [0.15, 0.2) is 0 Å². The standard InChI is InChI=1S/C27H38N2O5/c1-27(2,3)23-18-34-25(32)13-7-5-4-6-11-20(26(33)28-23)15-24(31)29-16-21-12-9-8-10-19(21)14-22(29)17-30/h4,6,8-10,12,20,22-23,30H,5,7,11,13-18H2,1-3H3,(H,28,33)/t20-,22+,23-/m1/s1. The van der Waals surface area contributed by atoms with Crippen molar-refractivity contribution in [2.24, 2.45) is 11.3 Å². The van der Waals surface area contributed by atoms with Crippen molar-refractivity contribution in [3.63, 3.8) is 0 Å². The molecule has 2 aliphatic rings. The lowest BCUT2D eigenvalue weighted by Gasteiger charge is -2.37. The zero-order chi connectivity index (χ0) is 24.7. The molecule has 34 heavy (non-hydrogen) atoms. The molecular formula is C27H38N2O5. The molecule has 1 aromatic carbocycles. The summed E-state index contributed by atoms with van der Waals surface area (Å²) in [6, 6.07) is 7.31. The third kappa shape index (κ3) is 6.92. The zero-order valence-corrected chi connectivity index (χ0v) is 20.6. The molecule has 2 aliphatic heterocycles. The molecule has 2 heterocycles. The maximum atomic E-state index is 13.4. The van der Waals surface area contributed by atoms with Crippen LogP contribution in [0.5, 0.6) is 0 Å². The van der Waals surface area contributed by atoms with Crippen LogP contribution in [0.1, 0.15) is 64.0 Å². The van der Waals surface area contributed by atoms with Crippen molar-refractivity contribution in [1.29, 1.82) is 0 Å². The first-order valence-electron chi connectivity index (χ1n) is 12.3. The summed E-state index contributed by atoms with van der Waals surface area (Å²) in [6.45, 7) is 6.39. The fraction of sp³-hybridized carbons (Fsp3) is 0.593. The van der Waals surface area contributed by atoms with E-state index in [4.69, 9.17) is 4.74 Å². The maximum absolute atomic E-state index is 13.4. The molecule has 0 bridgehead atoms. The Morgan fingerprint density at radius 2 is 1.91 bits per heavy atom. The number of carbonyl (C=O) groups is 3. The van der Waals surface area contributed by atoms with Gasteiger partial charge in [-0.15, -0.1) is 0 Å². The second-order valence-corrected chi connectivity index (χ2v) is 10.4. The predicted octanol–water partition coefficient (Wildman–Crippen LogP) is 3.14. The van der Waals surface area contributed by atoms with Crippen molar-refractivity contribution < 1.29 is 24.2 Å². The number of hydrogen-bond acceptors (Lipinski definition) is 5. The van der Waals surface area contributed by atoms with Gasteiger partial charge < -0.3 is 20.1 Å². The average molecular weight is 471 g/mol. The van der Waals surface area contributed by atoms with Crippen molar-refractivity contribution in [3.8, 4) is 0 Å². The number of hydrogen-bond donors (Lipinski definition) is 2. The van der Waals surface area contributed by atoms with Crippen LogP contribution in [0.2, 0.25) is 0 Å². The first-order valence-corrected chi connectivity index (χ1v) is 12.3. The Kier molecular flexibility index (Phi) is 8.89. The highest BCUT2D eigenvalue weighted by Gasteiger charge is 2.34. The molecule has 0 spiro atoms. The lowest BCUT2D eigenvalue weighted by Crippen LogP contribution is -2.50. The number of ether oxygens (including phenoxy) is 1. The fourth-order valence-corrected chi connectivity index (χ4v) is 4.44. The van der Waals surface area contributed by atoms with E-state index in [0.29, 0.717) is 32.2 Å². The molecule has 3 rings (SSSR count). The minimum Gasteiger partial charge on any atom is -0.463 e. The predicted molar refractivity (Wildman–Crippen MR) is 130 cm³/mol. The molecule has 1 aromatic rings. The van der Waals surface area contributed by atoms with E-state index in [-0.39, 0.29) is 54.9 Å². The Morgan fingerprint density at radius 3 is 2.62 bits per heavy atom. The summed E-state index contributed by atoms with van der Waals surface area (Å²) in [6.07, 6.45) is 6.75. The summed E-state index contributed by atoms with van der Waals surface area (Å²) in [5.74, 6) is -1.15. The van der Waals surface area contributed by atoms with Gasteiger partial charge in [0, 0.05) is 19.4 Å². The van der Waals surface area contributed by atoms with Gasteiger partial charge in [0.25, 0.3) is 0 Å². The molecule has 2 amide bonds. The van der Waals surface area contributed by atoms with Crippen LogP contribution in [0.25, 0.3) is 0 Å². The van der Waals surface area contributed by atoms with Crippen LogP contribution in [0, 0.1) is 11.3 Å². The second-order valence-electron chi connectivity index (χ2n) is 10.4. The van der Waals surface area contributed by atoms with Gasteiger partial charge in [-0.3, -0.25) is 14.4 Å². The molecule has 7 nitrogen and oxygen atoms in total. The smallest absolute Gasteiger partial charge is 0.305 e. The monoisotopic (exact) mass is 470 g/mol. The number of benzene rings is 1. The van der Waals surface area contributed by atoms with Gasteiger partial charge in [-0.25, -0.2) is 0 Å². The van der Waals surface area contributed by atoms with Crippen LogP contribution in [0.3, 0.4) is 0 Å². The van der Waals surface area contributed by atoms with Gasteiger partial charge in [0.2, 0.25) is 11.8 Å². The number of carbonyl (C=O) groups excluding carboxylic acids is 3. The first kappa shape index (κ1) is 25.9. The van der Waals surface area contributed by atoms with Crippen molar-refractivity contribution in [2.75, 3.05) is 13.2 Å². The average Bonchev–Trinajstić information content (AvgIpc) is 2.81. The number of aliphatic hydroxyl groups is 1. The molecule has 7 heteroatoms. The fourth-order valence-electron chi connectivity index (χ4n) is 4.44. The lowest BCUT2D eigenvalue weighted by atomic mass is 9.86. The number of esters is 1. The molecule has 0 aromatic heterocycles. The minimum atomic E-state index is -0.540. The molecule has 0 saturated heterocycles. The number of rotatable bonds is 3. The van der Waals surface area contributed by atoms with Crippen LogP contribution in [0.4, 0.5) is 0 Å². The Morgan fingerprint density at radius 1 is 1.18 bits per heavy atom. The molecule has 0 aliphatic carbocycles. The number of cyclic esters (lactones) is 1. The van der Waals surface area contributed by atoms with Gasteiger partial charge in [-0.2, -0.15) is 0 Å². The third-order valence-electron chi connectivity index (χ3n) is 6.79. The third-order valence-corrected chi connectivity index (χ3v) is 6.79. The second kappa shape index (κ2) is 11.6. The molecule has 0 unspecified atom stereocenters. The van der Waals surface area contributed by atoms with E-state index in [1.807, 2.05) is 57.2 Å². The highest BCUT2D eigenvalue weighted by atomic mass is 16.5. The summed E-state index contributed by atoms with van der Waals surface area (Å²) < 4.78 is 5.44. The highest BCUT2D eigenvalue weighted by molar-refractivity contribution is 5.86. The van der Waals surface area contributed by atoms with E-state index in [1.165, 1.54) is 0 Å². The van der Waals surface area contributed by atoms with Gasteiger partial charge in [-0.1, -0.05) is 57.2 Å². The summed E-state index contributed by atoms with van der Waals surface area (Å²) in [4.78, 5) is 40.5. The van der Waals surface area contributed by atoms with Crippen LogP contribution < -0.4 is 5.32 Å². The number of allylic oxidation sites excluding steroid dienone is 2. The zero-order valence-electron chi connectivity index (χ0n) is 20.6. The lowest BCUT2D eigenvalue weighted by molar-refractivity contribution is -0.146. The Labute approximate surface area is 202 Å². The minimum absolute atomic E-state index is 0.0610. The van der Waals surface area contributed by atoms with E-state index in [2.05, 4.69) is 5.32 Å². The quantitative estimate of drug-likeness (QED) is 0.523. The first-order chi connectivity index (χ1) is 16.2. The number of amides is 2. The highest BCUT2D eigenvalue weighted by Crippen LogP contribution is 2.26. The van der Waals surface area contributed by atoms with Crippen molar-refractivity contribution in [3.05, 3.63) is 47.5 Å². The number of fused-ring (bicyclic) bond motifs is 1. The van der Waals surface area contributed by atoms with Gasteiger partial charge in [0.1, 0.15) is 6.61 Å². The molecule has 2 N–H and O–H groups in total. The van der Waals surface area contributed by atoms with E-state index < -0.39 is 5.92 Å². The number of nitrogens with zero attached hydrogens (tertiary/aromatic N) is 1. The van der Waals surface area contributed by atoms with Crippen LogP contribution in [-0.4, -0.2) is 53.1 Å². The largest absolute Gasteiger partial charge is 0.463 e. The number of nitrogens with one attached hydrogen (secondary N) is 1. The summed E-state index contributed by atoms with van der Waals surface area (Å²) in [5, 5.41) is 13.0. The molecule has 0 saturated carbocycles. The van der Waals surface area contributed by atoms with E-state index >= 15 is 0 Å².